The molecule has 2 amide bonds. The number of nitriles is 1. The number of urea groups is 1. The Morgan fingerprint density at radius 3 is 2.72 bits per heavy atom. The minimum atomic E-state index is -0.436. The molecule has 0 saturated heterocycles. The average Bonchev–Trinajstić information content (AvgIpc) is 3.10. The summed E-state index contributed by atoms with van der Waals surface area (Å²) in [6.07, 6.45) is 1.67. The van der Waals surface area contributed by atoms with Gasteiger partial charge >= 0.3 is 6.03 Å². The number of benzene rings is 1. The molecule has 0 spiro atoms. The van der Waals surface area contributed by atoms with Crippen LogP contribution in [-0.4, -0.2) is 27.8 Å². The summed E-state index contributed by atoms with van der Waals surface area (Å²) in [6, 6.07) is 13.6. The van der Waals surface area contributed by atoms with Gasteiger partial charge in [-0.15, -0.1) is 10.2 Å². The van der Waals surface area contributed by atoms with Crippen LogP contribution in [0.25, 0.3) is 10.7 Å². The van der Waals surface area contributed by atoms with Gasteiger partial charge in [-0.2, -0.15) is 5.26 Å². The van der Waals surface area contributed by atoms with Crippen LogP contribution >= 0.6 is 11.3 Å². The zero-order valence-corrected chi connectivity index (χ0v) is 13.7. The molecule has 0 aliphatic rings. The highest BCUT2D eigenvalue weighted by Crippen LogP contribution is 2.24. The number of hydrogen-bond acceptors (Lipinski definition) is 7. The standard InChI is InChI=1S/C16H12N6O2S/c17-8-10-24-12-6-4-11(5-7-12)19-15(23)20-16-22-21-14(25-16)13-3-1-2-9-18-13/h1-7,9H,10H2,(H2,19,20,22,23). The third-order valence-corrected chi connectivity index (χ3v) is 3.81. The molecular formula is C16H12N6O2S. The van der Waals surface area contributed by atoms with Gasteiger partial charge in [0.2, 0.25) is 5.13 Å². The quantitative estimate of drug-likeness (QED) is 0.729. The Morgan fingerprint density at radius 1 is 1.16 bits per heavy atom. The molecule has 25 heavy (non-hydrogen) atoms. The molecule has 0 saturated carbocycles. The first-order valence-corrected chi connectivity index (χ1v) is 7.99. The largest absolute Gasteiger partial charge is 0.479 e. The molecule has 0 bridgehead atoms. The predicted octanol–water partition coefficient (Wildman–Crippen LogP) is 3.15. The maximum absolute atomic E-state index is 12.0. The van der Waals surface area contributed by atoms with Gasteiger partial charge in [-0.25, -0.2) is 4.79 Å². The van der Waals surface area contributed by atoms with E-state index in [2.05, 4.69) is 25.8 Å². The van der Waals surface area contributed by atoms with Crippen LogP contribution in [-0.2, 0) is 0 Å². The summed E-state index contributed by atoms with van der Waals surface area (Å²) in [7, 11) is 0. The Balaban J connectivity index is 1.58. The summed E-state index contributed by atoms with van der Waals surface area (Å²) in [6.45, 7) is -0.0249. The van der Waals surface area contributed by atoms with Crippen molar-refractivity contribution in [2.24, 2.45) is 0 Å². The van der Waals surface area contributed by atoms with Gasteiger partial charge in [-0.05, 0) is 36.4 Å². The number of amides is 2. The van der Waals surface area contributed by atoms with Crippen molar-refractivity contribution in [3.63, 3.8) is 0 Å². The minimum Gasteiger partial charge on any atom is -0.479 e. The van der Waals surface area contributed by atoms with E-state index in [0.717, 1.165) is 0 Å². The molecule has 0 aliphatic heterocycles. The van der Waals surface area contributed by atoms with Crippen LogP contribution in [0.15, 0.2) is 48.7 Å². The summed E-state index contributed by atoms with van der Waals surface area (Å²) in [5, 5.41) is 22.7. The first-order chi connectivity index (χ1) is 12.2. The Labute approximate surface area is 147 Å². The number of nitrogens with zero attached hydrogens (tertiary/aromatic N) is 4. The number of hydrogen-bond donors (Lipinski definition) is 2. The van der Waals surface area contributed by atoms with Gasteiger partial charge in [0.1, 0.15) is 17.5 Å². The number of ether oxygens (including phenoxy) is 1. The fourth-order valence-electron chi connectivity index (χ4n) is 1.88. The zero-order chi connectivity index (χ0) is 17.5. The summed E-state index contributed by atoms with van der Waals surface area (Å²) < 4.78 is 5.14. The molecule has 0 fully saturated rings. The van der Waals surface area contributed by atoms with E-state index in [9.17, 15) is 4.79 Å². The lowest BCUT2D eigenvalue weighted by molar-refractivity contribution is 0.262. The fraction of sp³-hybridized carbons (Fsp3) is 0.0625. The number of nitrogens with one attached hydrogen (secondary N) is 2. The zero-order valence-electron chi connectivity index (χ0n) is 12.8. The maximum Gasteiger partial charge on any atom is 0.325 e. The summed E-state index contributed by atoms with van der Waals surface area (Å²) in [5.41, 5.74) is 1.28. The number of rotatable bonds is 5. The first-order valence-electron chi connectivity index (χ1n) is 7.17. The van der Waals surface area contributed by atoms with Gasteiger partial charge in [0, 0.05) is 11.9 Å². The van der Waals surface area contributed by atoms with Gasteiger partial charge in [0.05, 0.1) is 0 Å². The van der Waals surface area contributed by atoms with Crippen LogP contribution in [0.2, 0.25) is 0 Å². The molecule has 2 heterocycles. The van der Waals surface area contributed by atoms with E-state index < -0.39 is 6.03 Å². The number of pyridine rings is 1. The van der Waals surface area contributed by atoms with Crippen LogP contribution in [0.3, 0.4) is 0 Å². The highest BCUT2D eigenvalue weighted by Gasteiger charge is 2.10. The van der Waals surface area contributed by atoms with Crippen molar-refractivity contribution in [2.75, 3.05) is 17.2 Å². The summed E-state index contributed by atoms with van der Waals surface area (Å²) >= 11 is 1.23. The lowest BCUT2D eigenvalue weighted by Crippen LogP contribution is -2.19. The van der Waals surface area contributed by atoms with Crippen LogP contribution < -0.4 is 15.4 Å². The molecule has 3 rings (SSSR count). The SMILES string of the molecule is N#CCOc1ccc(NC(=O)Nc2nnc(-c3ccccn3)s2)cc1. The van der Waals surface area contributed by atoms with Crippen LogP contribution in [0.4, 0.5) is 15.6 Å². The second-order valence-corrected chi connectivity index (χ2v) is 5.66. The van der Waals surface area contributed by atoms with Gasteiger partial charge < -0.3 is 10.1 Å². The van der Waals surface area contributed by atoms with Crippen LogP contribution in [0.1, 0.15) is 0 Å². The van der Waals surface area contributed by atoms with Crippen molar-refractivity contribution in [1.82, 2.24) is 15.2 Å². The van der Waals surface area contributed by atoms with Gasteiger partial charge in [0.15, 0.2) is 11.6 Å². The van der Waals surface area contributed by atoms with Crippen LogP contribution in [0.5, 0.6) is 5.75 Å². The topological polar surface area (TPSA) is 113 Å². The van der Waals surface area contributed by atoms with E-state index in [1.54, 1.807) is 30.5 Å². The first kappa shape index (κ1) is 16.4. The Kier molecular flexibility index (Phi) is 5.13. The molecule has 2 N–H and O–H groups in total. The molecule has 8 nitrogen and oxygen atoms in total. The molecule has 2 aromatic heterocycles. The third kappa shape index (κ3) is 4.49. The van der Waals surface area contributed by atoms with E-state index in [1.807, 2.05) is 24.3 Å². The minimum absolute atomic E-state index is 0.0249. The van der Waals surface area contributed by atoms with Crippen molar-refractivity contribution in [3.05, 3.63) is 48.7 Å². The average molecular weight is 352 g/mol. The Bertz CT molecular complexity index is 889. The highest BCUT2D eigenvalue weighted by molar-refractivity contribution is 7.18. The molecule has 0 radical (unpaired) electrons. The Morgan fingerprint density at radius 2 is 2.00 bits per heavy atom. The molecule has 0 unspecified atom stereocenters. The van der Waals surface area contributed by atoms with Gasteiger partial charge in [0.25, 0.3) is 0 Å². The summed E-state index contributed by atoms with van der Waals surface area (Å²) in [5.74, 6) is 0.552. The molecule has 124 valence electrons. The van der Waals surface area contributed by atoms with Crippen molar-refractivity contribution in [1.29, 1.82) is 5.26 Å². The van der Waals surface area contributed by atoms with Crippen molar-refractivity contribution in [2.45, 2.75) is 0 Å². The van der Waals surface area contributed by atoms with Crippen LogP contribution in [0, 0.1) is 11.3 Å². The second-order valence-electron chi connectivity index (χ2n) is 4.68. The lowest BCUT2D eigenvalue weighted by atomic mass is 10.3. The van der Waals surface area contributed by atoms with Gasteiger partial charge in [-0.1, -0.05) is 17.4 Å². The van der Waals surface area contributed by atoms with E-state index in [-0.39, 0.29) is 6.61 Å². The van der Waals surface area contributed by atoms with Gasteiger partial charge in [-0.3, -0.25) is 10.3 Å². The third-order valence-electron chi connectivity index (χ3n) is 2.95. The number of anilines is 2. The smallest absolute Gasteiger partial charge is 0.325 e. The maximum atomic E-state index is 12.0. The van der Waals surface area contributed by atoms with E-state index in [0.29, 0.717) is 27.3 Å². The molecule has 9 heteroatoms. The molecule has 0 atom stereocenters. The predicted molar refractivity (Wildman–Crippen MR) is 93.3 cm³/mol. The van der Waals surface area contributed by atoms with E-state index in [4.69, 9.17) is 10.00 Å². The van der Waals surface area contributed by atoms with E-state index in [1.165, 1.54) is 11.3 Å². The van der Waals surface area contributed by atoms with Crippen molar-refractivity contribution < 1.29 is 9.53 Å². The van der Waals surface area contributed by atoms with E-state index >= 15 is 0 Å². The van der Waals surface area contributed by atoms with Crippen molar-refractivity contribution in [3.8, 4) is 22.5 Å². The fourth-order valence-corrected chi connectivity index (χ4v) is 2.59. The van der Waals surface area contributed by atoms with Crippen molar-refractivity contribution >= 4 is 28.2 Å². The Hall–Kier alpha value is -3.51. The monoisotopic (exact) mass is 352 g/mol. The summed E-state index contributed by atoms with van der Waals surface area (Å²) in [4.78, 5) is 16.2. The number of carbonyl (C=O) groups excluding carboxylic acids is 1. The lowest BCUT2D eigenvalue weighted by Gasteiger charge is -2.06. The normalized spacial score (nSPS) is 9.88. The molecule has 1 aromatic carbocycles. The number of carbonyl (C=O) groups is 1. The number of aromatic nitrogens is 3. The molecule has 0 aliphatic carbocycles. The molecular weight excluding hydrogens is 340 g/mol. The molecule has 3 aromatic rings. The second kappa shape index (κ2) is 7.85. The highest BCUT2D eigenvalue weighted by atomic mass is 32.1.